The topological polar surface area (TPSA) is 61.8 Å². The van der Waals surface area contributed by atoms with E-state index >= 15 is 0 Å². The highest BCUT2D eigenvalue weighted by Gasteiger charge is 2.40. The van der Waals surface area contributed by atoms with E-state index < -0.39 is 5.60 Å². The van der Waals surface area contributed by atoms with Crippen LogP contribution in [0.5, 0.6) is 5.75 Å². The Morgan fingerprint density at radius 3 is 2.83 bits per heavy atom. The molecule has 2 N–H and O–H groups in total. The molecule has 0 spiro atoms. The minimum absolute atomic E-state index is 0.0215. The maximum absolute atomic E-state index is 12.6. The second-order valence-corrected chi connectivity index (χ2v) is 6.96. The quantitative estimate of drug-likeness (QED) is 0.757. The number of ether oxygens (including phenoxy) is 1. The van der Waals surface area contributed by atoms with Crippen LogP contribution < -0.4 is 15.0 Å². The van der Waals surface area contributed by atoms with E-state index in [-0.39, 0.29) is 12.5 Å². The van der Waals surface area contributed by atoms with Crippen LogP contribution in [0.4, 0.5) is 5.69 Å². The molecule has 1 heterocycles. The molecule has 0 aromatic heterocycles. The summed E-state index contributed by atoms with van der Waals surface area (Å²) >= 11 is 0. The van der Waals surface area contributed by atoms with Gasteiger partial charge in [-0.05, 0) is 57.2 Å². The zero-order chi connectivity index (χ0) is 16.4. The molecule has 1 aromatic carbocycles. The molecule has 1 saturated carbocycles. The highest BCUT2D eigenvalue weighted by Crippen LogP contribution is 2.38. The van der Waals surface area contributed by atoms with Crippen LogP contribution in [0.25, 0.3) is 0 Å². The smallest absolute Gasteiger partial charge is 0.270 e. The van der Waals surface area contributed by atoms with Crippen molar-refractivity contribution in [3.63, 3.8) is 0 Å². The van der Waals surface area contributed by atoms with Crippen LogP contribution in [0.1, 0.15) is 45.1 Å². The maximum atomic E-state index is 12.6. The molecule has 2 aliphatic rings. The highest BCUT2D eigenvalue weighted by molar-refractivity contribution is 6.02. The lowest BCUT2D eigenvalue weighted by molar-refractivity contribution is -0.132. The van der Waals surface area contributed by atoms with Crippen LogP contribution in [0.3, 0.4) is 0 Å². The standard InChI is InChI=1S/C18H26N2O3/c1-18(2)17(22)20(9-3-4-10-21)15-8-5-13(11-16(15)23-18)12-19-14-6-7-14/h5,8,11,14,19,21H,3-4,6-7,9-10,12H2,1-2H3. The number of nitrogens with one attached hydrogen (secondary N) is 1. The fraction of sp³-hybridized carbons (Fsp3) is 0.611. The normalized spacial score (nSPS) is 19.4. The van der Waals surface area contributed by atoms with Crippen LogP contribution in [0.2, 0.25) is 0 Å². The lowest BCUT2D eigenvalue weighted by Gasteiger charge is -2.39. The number of fused-ring (bicyclic) bond motifs is 1. The summed E-state index contributed by atoms with van der Waals surface area (Å²) < 4.78 is 5.96. The number of hydrogen-bond donors (Lipinski definition) is 2. The van der Waals surface area contributed by atoms with Gasteiger partial charge in [-0.25, -0.2) is 0 Å². The van der Waals surface area contributed by atoms with Gasteiger partial charge in [-0.3, -0.25) is 4.79 Å². The van der Waals surface area contributed by atoms with Crippen molar-refractivity contribution < 1.29 is 14.6 Å². The Labute approximate surface area is 137 Å². The van der Waals surface area contributed by atoms with Crippen LogP contribution in [-0.2, 0) is 11.3 Å². The number of rotatable bonds is 7. The zero-order valence-electron chi connectivity index (χ0n) is 14.0. The van der Waals surface area contributed by atoms with Crippen LogP contribution in [0.15, 0.2) is 18.2 Å². The second kappa shape index (κ2) is 6.49. The summed E-state index contributed by atoms with van der Waals surface area (Å²) in [6.07, 6.45) is 4.01. The molecule has 1 aliphatic carbocycles. The second-order valence-electron chi connectivity index (χ2n) is 6.96. The van der Waals surface area contributed by atoms with E-state index in [0.29, 0.717) is 19.0 Å². The molecule has 0 bridgehead atoms. The first-order chi connectivity index (χ1) is 11.0. The van der Waals surface area contributed by atoms with Gasteiger partial charge in [0.25, 0.3) is 5.91 Å². The molecular weight excluding hydrogens is 292 g/mol. The first-order valence-electron chi connectivity index (χ1n) is 8.49. The number of unbranched alkanes of at least 4 members (excludes halogenated alkanes) is 1. The third-order valence-electron chi connectivity index (χ3n) is 4.40. The molecule has 1 fully saturated rings. The molecule has 0 radical (unpaired) electrons. The van der Waals surface area contributed by atoms with Gasteiger partial charge in [0, 0.05) is 25.7 Å². The molecule has 1 aliphatic heterocycles. The van der Waals surface area contributed by atoms with Gasteiger partial charge in [0.1, 0.15) is 5.75 Å². The van der Waals surface area contributed by atoms with Crippen molar-refractivity contribution in [2.75, 3.05) is 18.1 Å². The van der Waals surface area contributed by atoms with Gasteiger partial charge in [-0.15, -0.1) is 0 Å². The summed E-state index contributed by atoms with van der Waals surface area (Å²) in [5, 5.41) is 12.5. The number of nitrogens with zero attached hydrogens (tertiary/aromatic N) is 1. The van der Waals surface area contributed by atoms with E-state index in [2.05, 4.69) is 11.4 Å². The van der Waals surface area contributed by atoms with E-state index in [4.69, 9.17) is 9.84 Å². The minimum atomic E-state index is -0.852. The maximum Gasteiger partial charge on any atom is 0.270 e. The number of aliphatic hydroxyl groups is 1. The van der Waals surface area contributed by atoms with E-state index in [1.807, 2.05) is 26.0 Å². The molecule has 1 amide bonds. The van der Waals surface area contributed by atoms with E-state index in [9.17, 15) is 4.79 Å². The fourth-order valence-electron chi connectivity index (χ4n) is 2.88. The summed E-state index contributed by atoms with van der Waals surface area (Å²) in [4.78, 5) is 14.4. The number of hydrogen-bond acceptors (Lipinski definition) is 4. The summed E-state index contributed by atoms with van der Waals surface area (Å²) in [7, 11) is 0. The predicted molar refractivity (Wildman–Crippen MR) is 89.7 cm³/mol. The molecule has 0 atom stereocenters. The Balaban J connectivity index is 1.80. The number of carbonyl (C=O) groups is 1. The van der Waals surface area contributed by atoms with Gasteiger partial charge in [0.2, 0.25) is 0 Å². The number of benzene rings is 1. The number of carbonyl (C=O) groups excluding carboxylic acids is 1. The Bertz CT molecular complexity index is 582. The fourth-order valence-corrected chi connectivity index (χ4v) is 2.88. The van der Waals surface area contributed by atoms with Crippen LogP contribution in [-0.4, -0.2) is 35.8 Å². The lowest BCUT2D eigenvalue weighted by Crippen LogP contribution is -2.52. The molecule has 23 heavy (non-hydrogen) atoms. The van der Waals surface area contributed by atoms with Crippen molar-refractivity contribution in [1.29, 1.82) is 0 Å². The van der Waals surface area contributed by atoms with Gasteiger partial charge in [0.05, 0.1) is 5.69 Å². The van der Waals surface area contributed by atoms with Gasteiger partial charge in [0.15, 0.2) is 5.60 Å². The average Bonchev–Trinajstić information content (AvgIpc) is 3.33. The number of amides is 1. The highest BCUT2D eigenvalue weighted by atomic mass is 16.5. The average molecular weight is 318 g/mol. The monoisotopic (exact) mass is 318 g/mol. The van der Waals surface area contributed by atoms with E-state index in [1.54, 1.807) is 4.90 Å². The van der Waals surface area contributed by atoms with Gasteiger partial charge < -0.3 is 20.1 Å². The zero-order valence-corrected chi connectivity index (χ0v) is 14.0. The first-order valence-corrected chi connectivity index (χ1v) is 8.49. The van der Waals surface area contributed by atoms with E-state index in [1.165, 1.54) is 18.4 Å². The molecule has 126 valence electrons. The Morgan fingerprint density at radius 1 is 1.35 bits per heavy atom. The molecule has 5 nitrogen and oxygen atoms in total. The van der Waals surface area contributed by atoms with Crippen molar-refractivity contribution in [2.45, 2.75) is 57.7 Å². The van der Waals surface area contributed by atoms with Crippen LogP contribution >= 0.6 is 0 Å². The third kappa shape index (κ3) is 3.67. The van der Waals surface area contributed by atoms with Crippen molar-refractivity contribution in [3.8, 4) is 5.75 Å². The summed E-state index contributed by atoms with van der Waals surface area (Å²) in [6.45, 7) is 5.22. The Hall–Kier alpha value is -1.59. The Morgan fingerprint density at radius 2 is 2.13 bits per heavy atom. The summed E-state index contributed by atoms with van der Waals surface area (Å²) in [5.41, 5.74) is 1.16. The minimum Gasteiger partial charge on any atom is -0.476 e. The SMILES string of the molecule is CC1(C)Oc2cc(CNC3CC3)ccc2N(CCCCO)C1=O. The molecular formula is C18H26N2O3. The molecule has 3 rings (SSSR count). The van der Waals surface area contributed by atoms with Gasteiger partial charge >= 0.3 is 0 Å². The van der Waals surface area contributed by atoms with E-state index in [0.717, 1.165) is 24.4 Å². The molecule has 1 aromatic rings. The summed E-state index contributed by atoms with van der Waals surface area (Å²) in [6, 6.07) is 6.74. The molecule has 5 heteroatoms. The number of aliphatic hydroxyl groups excluding tert-OH is 1. The van der Waals surface area contributed by atoms with Gasteiger partial charge in [-0.2, -0.15) is 0 Å². The lowest BCUT2D eigenvalue weighted by atomic mass is 10.0. The van der Waals surface area contributed by atoms with Gasteiger partial charge in [-0.1, -0.05) is 6.07 Å². The molecule has 0 saturated heterocycles. The third-order valence-corrected chi connectivity index (χ3v) is 4.40. The summed E-state index contributed by atoms with van der Waals surface area (Å²) in [5.74, 6) is 0.750. The number of anilines is 1. The van der Waals surface area contributed by atoms with Crippen molar-refractivity contribution >= 4 is 11.6 Å². The van der Waals surface area contributed by atoms with Crippen molar-refractivity contribution in [2.24, 2.45) is 0 Å². The molecule has 0 unspecified atom stereocenters. The largest absolute Gasteiger partial charge is 0.476 e. The Kier molecular flexibility index (Phi) is 4.60. The van der Waals surface area contributed by atoms with Crippen molar-refractivity contribution in [1.82, 2.24) is 5.32 Å². The van der Waals surface area contributed by atoms with Crippen molar-refractivity contribution in [3.05, 3.63) is 23.8 Å². The predicted octanol–water partition coefficient (Wildman–Crippen LogP) is 2.22. The van der Waals surface area contributed by atoms with Crippen LogP contribution in [0, 0.1) is 0 Å². The first kappa shape index (κ1) is 16.3.